The number of thioether (sulfide) groups is 1. The van der Waals surface area contributed by atoms with Crippen LogP contribution in [0, 0.1) is 5.92 Å². The summed E-state index contributed by atoms with van der Waals surface area (Å²) in [6, 6.07) is 0. The minimum Gasteiger partial charge on any atom is -0.243 e. The van der Waals surface area contributed by atoms with Gasteiger partial charge < -0.3 is 0 Å². The first-order chi connectivity index (χ1) is 5.18. The van der Waals surface area contributed by atoms with Crippen molar-refractivity contribution < 1.29 is 4.39 Å². The van der Waals surface area contributed by atoms with Crippen LogP contribution in [0.4, 0.5) is 4.39 Å². The van der Waals surface area contributed by atoms with Crippen molar-refractivity contribution in [3.05, 3.63) is 12.2 Å². The first-order valence-corrected chi connectivity index (χ1v) is 5.37. The minimum atomic E-state index is -0.767. The van der Waals surface area contributed by atoms with E-state index in [2.05, 4.69) is 6.26 Å². The third kappa shape index (κ3) is 6.42. The molecule has 0 N–H and O–H groups in total. The Labute approximate surface area is 73.3 Å². The van der Waals surface area contributed by atoms with Crippen molar-refractivity contribution >= 4 is 11.8 Å². The lowest BCUT2D eigenvalue weighted by atomic mass is 10.1. The molecule has 0 aromatic heterocycles. The van der Waals surface area contributed by atoms with Crippen LogP contribution in [0.25, 0.3) is 0 Å². The van der Waals surface area contributed by atoms with Crippen LogP contribution in [0.2, 0.25) is 0 Å². The summed E-state index contributed by atoms with van der Waals surface area (Å²) in [4.78, 5) is 0. The standard InChI is InChI=1S/C9H17FS/c1-8(2)9(10)6-4-5-7-11-3/h4,6,8-9H,5,7H2,1-3H3/b6-4-. The molecule has 0 amide bonds. The van der Waals surface area contributed by atoms with Gasteiger partial charge in [-0.05, 0) is 24.3 Å². The largest absolute Gasteiger partial charge is 0.243 e. The lowest BCUT2D eigenvalue weighted by molar-refractivity contribution is 0.314. The number of rotatable bonds is 5. The zero-order valence-electron chi connectivity index (χ0n) is 7.51. The quantitative estimate of drug-likeness (QED) is 0.457. The molecule has 0 aromatic rings. The van der Waals surface area contributed by atoms with Crippen LogP contribution in [0.1, 0.15) is 20.3 Å². The van der Waals surface area contributed by atoms with Gasteiger partial charge in [0.25, 0.3) is 0 Å². The van der Waals surface area contributed by atoms with E-state index in [9.17, 15) is 4.39 Å². The molecular formula is C9H17FS. The fourth-order valence-corrected chi connectivity index (χ4v) is 1.01. The van der Waals surface area contributed by atoms with Crippen molar-refractivity contribution in [2.45, 2.75) is 26.4 Å². The van der Waals surface area contributed by atoms with Crippen molar-refractivity contribution in [3.8, 4) is 0 Å². The van der Waals surface area contributed by atoms with Gasteiger partial charge in [0.2, 0.25) is 0 Å². The van der Waals surface area contributed by atoms with Gasteiger partial charge in [0.1, 0.15) is 6.17 Å². The van der Waals surface area contributed by atoms with E-state index in [0.717, 1.165) is 12.2 Å². The second kappa shape index (κ2) is 6.71. The highest BCUT2D eigenvalue weighted by molar-refractivity contribution is 7.98. The predicted octanol–water partition coefficient (Wildman–Crippen LogP) is 3.29. The summed E-state index contributed by atoms with van der Waals surface area (Å²) in [5.41, 5.74) is 0. The van der Waals surface area contributed by atoms with E-state index in [1.54, 1.807) is 17.8 Å². The van der Waals surface area contributed by atoms with Gasteiger partial charge in [0, 0.05) is 0 Å². The van der Waals surface area contributed by atoms with Crippen molar-refractivity contribution in [2.24, 2.45) is 5.92 Å². The highest BCUT2D eigenvalue weighted by Gasteiger charge is 2.05. The molecule has 1 unspecified atom stereocenters. The third-order valence-electron chi connectivity index (χ3n) is 1.45. The number of halogens is 1. The van der Waals surface area contributed by atoms with Crippen molar-refractivity contribution in [3.63, 3.8) is 0 Å². The van der Waals surface area contributed by atoms with E-state index >= 15 is 0 Å². The fraction of sp³-hybridized carbons (Fsp3) is 0.778. The zero-order chi connectivity index (χ0) is 8.69. The molecule has 0 fully saturated rings. The van der Waals surface area contributed by atoms with Gasteiger partial charge in [-0.25, -0.2) is 4.39 Å². The van der Waals surface area contributed by atoms with Gasteiger partial charge in [0.05, 0.1) is 0 Å². The van der Waals surface area contributed by atoms with Crippen molar-refractivity contribution in [2.75, 3.05) is 12.0 Å². The Kier molecular flexibility index (Phi) is 6.73. The molecule has 0 saturated carbocycles. The molecule has 0 rings (SSSR count). The Morgan fingerprint density at radius 3 is 2.55 bits per heavy atom. The monoisotopic (exact) mass is 176 g/mol. The van der Waals surface area contributed by atoms with Crippen LogP contribution in [-0.2, 0) is 0 Å². The van der Waals surface area contributed by atoms with Crippen LogP contribution >= 0.6 is 11.8 Å². The van der Waals surface area contributed by atoms with Gasteiger partial charge in [-0.15, -0.1) is 0 Å². The average Bonchev–Trinajstić information content (AvgIpc) is 1.97. The molecule has 0 aliphatic heterocycles. The molecular weight excluding hydrogens is 159 g/mol. The maximum atomic E-state index is 12.9. The first kappa shape index (κ1) is 11.0. The molecule has 1 atom stereocenters. The molecule has 2 heteroatoms. The Balaban J connectivity index is 3.40. The maximum absolute atomic E-state index is 12.9. The first-order valence-electron chi connectivity index (χ1n) is 3.98. The molecule has 0 heterocycles. The minimum absolute atomic E-state index is 0.112. The molecule has 66 valence electrons. The Bertz CT molecular complexity index is 110. The molecule has 0 aliphatic carbocycles. The molecule has 0 spiro atoms. The Morgan fingerprint density at radius 1 is 1.45 bits per heavy atom. The van der Waals surface area contributed by atoms with Gasteiger partial charge in [0.15, 0.2) is 0 Å². The van der Waals surface area contributed by atoms with E-state index in [0.29, 0.717) is 0 Å². The Morgan fingerprint density at radius 2 is 2.09 bits per heavy atom. The van der Waals surface area contributed by atoms with Crippen LogP contribution in [0.3, 0.4) is 0 Å². The van der Waals surface area contributed by atoms with E-state index in [4.69, 9.17) is 0 Å². The van der Waals surface area contributed by atoms with Gasteiger partial charge in [-0.1, -0.05) is 26.0 Å². The summed E-state index contributed by atoms with van der Waals surface area (Å²) in [5, 5.41) is 0. The zero-order valence-corrected chi connectivity index (χ0v) is 8.33. The van der Waals surface area contributed by atoms with E-state index in [1.165, 1.54) is 0 Å². The summed E-state index contributed by atoms with van der Waals surface area (Å²) in [7, 11) is 0. The second-order valence-electron chi connectivity index (χ2n) is 2.90. The van der Waals surface area contributed by atoms with Crippen LogP contribution < -0.4 is 0 Å². The van der Waals surface area contributed by atoms with Crippen molar-refractivity contribution in [1.29, 1.82) is 0 Å². The molecule has 0 aromatic carbocycles. The topological polar surface area (TPSA) is 0 Å². The number of hydrogen-bond acceptors (Lipinski definition) is 1. The second-order valence-corrected chi connectivity index (χ2v) is 3.88. The van der Waals surface area contributed by atoms with Gasteiger partial charge >= 0.3 is 0 Å². The summed E-state index contributed by atoms with van der Waals surface area (Å²) in [6.07, 6.45) is 5.87. The van der Waals surface area contributed by atoms with Gasteiger partial charge in [-0.2, -0.15) is 11.8 Å². The van der Waals surface area contributed by atoms with Crippen LogP contribution in [0.15, 0.2) is 12.2 Å². The summed E-state index contributed by atoms with van der Waals surface area (Å²) < 4.78 is 12.9. The molecule has 0 saturated heterocycles. The lowest BCUT2D eigenvalue weighted by Crippen LogP contribution is -2.04. The number of hydrogen-bond donors (Lipinski definition) is 0. The number of alkyl halides is 1. The normalized spacial score (nSPS) is 14.6. The fourth-order valence-electron chi connectivity index (χ4n) is 0.634. The van der Waals surface area contributed by atoms with Crippen molar-refractivity contribution in [1.82, 2.24) is 0 Å². The van der Waals surface area contributed by atoms with E-state index in [-0.39, 0.29) is 5.92 Å². The molecule has 0 aliphatic rings. The summed E-state index contributed by atoms with van der Waals surface area (Å²) in [5.74, 6) is 1.20. The molecule has 0 bridgehead atoms. The smallest absolute Gasteiger partial charge is 0.121 e. The molecule has 0 nitrogen and oxygen atoms in total. The van der Waals surface area contributed by atoms with E-state index < -0.39 is 6.17 Å². The SMILES string of the molecule is CSCC/C=C\C(F)C(C)C. The predicted molar refractivity (Wildman–Crippen MR) is 51.9 cm³/mol. The van der Waals surface area contributed by atoms with Crippen LogP contribution in [-0.4, -0.2) is 18.2 Å². The van der Waals surface area contributed by atoms with Gasteiger partial charge in [-0.3, -0.25) is 0 Å². The highest BCUT2D eigenvalue weighted by atomic mass is 32.2. The summed E-state index contributed by atoms with van der Waals surface area (Å²) >= 11 is 1.79. The van der Waals surface area contributed by atoms with Crippen LogP contribution in [0.5, 0.6) is 0 Å². The van der Waals surface area contributed by atoms with E-state index in [1.807, 2.05) is 19.9 Å². The molecule has 0 radical (unpaired) electrons. The third-order valence-corrected chi connectivity index (χ3v) is 2.09. The Hall–Kier alpha value is 0.0200. The average molecular weight is 176 g/mol. The maximum Gasteiger partial charge on any atom is 0.121 e. The lowest BCUT2D eigenvalue weighted by Gasteiger charge is -2.05. The molecule has 11 heavy (non-hydrogen) atoms. The summed E-state index contributed by atoms with van der Waals surface area (Å²) in [6.45, 7) is 3.78. The number of allylic oxidation sites excluding steroid dienone is 2. The highest BCUT2D eigenvalue weighted by Crippen LogP contribution is 2.08.